The normalized spacial score (nSPS) is 30.1. The van der Waals surface area contributed by atoms with E-state index < -0.39 is 12.0 Å². The van der Waals surface area contributed by atoms with Crippen LogP contribution < -0.4 is 0 Å². The lowest BCUT2D eigenvalue weighted by molar-refractivity contribution is -0.156. The Morgan fingerprint density at radius 3 is 2.55 bits per heavy atom. The van der Waals surface area contributed by atoms with Crippen molar-refractivity contribution in [2.45, 2.75) is 69.7 Å². The zero-order valence-electron chi connectivity index (χ0n) is 12.4. The van der Waals surface area contributed by atoms with Gasteiger partial charge in [-0.2, -0.15) is 0 Å². The summed E-state index contributed by atoms with van der Waals surface area (Å²) in [5.74, 6) is 0.113. The highest BCUT2D eigenvalue weighted by Gasteiger charge is 2.43. The highest BCUT2D eigenvalue weighted by Crippen LogP contribution is 2.38. The van der Waals surface area contributed by atoms with E-state index in [1.54, 1.807) is 16.7 Å². The number of carbonyl (C=O) groups is 2. The maximum Gasteiger partial charge on any atom is 0.326 e. The summed E-state index contributed by atoms with van der Waals surface area (Å²) in [7, 11) is 0. The summed E-state index contributed by atoms with van der Waals surface area (Å²) in [4.78, 5) is 25.7. The molecule has 1 amide bonds. The minimum atomic E-state index is -0.836. The molecule has 2 fully saturated rings. The molecule has 1 aliphatic carbocycles. The SMILES string of the molecule is CC(C)SCC(=O)N1C(C(=O)O)CCC2CCCCC21. The average Bonchev–Trinajstić information content (AvgIpc) is 2.43. The van der Waals surface area contributed by atoms with Crippen LogP contribution >= 0.6 is 11.8 Å². The standard InChI is InChI=1S/C15H25NO3S/c1-10(2)20-9-14(17)16-12-6-4-3-5-11(12)7-8-13(16)15(18)19/h10-13H,3-9H2,1-2H3,(H,18,19). The van der Waals surface area contributed by atoms with Gasteiger partial charge in [-0.15, -0.1) is 11.8 Å². The van der Waals surface area contributed by atoms with Gasteiger partial charge in [0.1, 0.15) is 6.04 Å². The van der Waals surface area contributed by atoms with Crippen molar-refractivity contribution in [3.8, 4) is 0 Å². The Morgan fingerprint density at radius 2 is 1.90 bits per heavy atom. The summed E-state index contributed by atoms with van der Waals surface area (Å²) < 4.78 is 0. The molecule has 3 unspecified atom stereocenters. The third kappa shape index (κ3) is 3.48. The Labute approximate surface area is 125 Å². The van der Waals surface area contributed by atoms with Gasteiger partial charge >= 0.3 is 5.97 Å². The molecule has 114 valence electrons. The summed E-state index contributed by atoms with van der Waals surface area (Å²) in [5.41, 5.74) is 0. The van der Waals surface area contributed by atoms with Gasteiger partial charge < -0.3 is 10.0 Å². The largest absolute Gasteiger partial charge is 0.480 e. The topological polar surface area (TPSA) is 57.6 Å². The van der Waals surface area contributed by atoms with E-state index in [2.05, 4.69) is 13.8 Å². The van der Waals surface area contributed by atoms with Gasteiger partial charge in [0.25, 0.3) is 0 Å². The van der Waals surface area contributed by atoms with E-state index in [-0.39, 0.29) is 11.9 Å². The fourth-order valence-electron chi connectivity index (χ4n) is 3.55. The Bertz CT molecular complexity index is 372. The molecule has 1 saturated heterocycles. The van der Waals surface area contributed by atoms with Crippen molar-refractivity contribution in [1.82, 2.24) is 4.90 Å². The Hall–Kier alpha value is -0.710. The number of carboxylic acid groups (broad SMARTS) is 1. The van der Waals surface area contributed by atoms with Crippen LogP contribution in [0.5, 0.6) is 0 Å². The number of thioether (sulfide) groups is 1. The number of piperidine rings is 1. The maximum absolute atomic E-state index is 12.5. The molecule has 0 aromatic heterocycles. The third-order valence-electron chi connectivity index (χ3n) is 4.49. The van der Waals surface area contributed by atoms with Gasteiger partial charge in [-0.1, -0.05) is 26.7 Å². The number of aliphatic carboxylic acids is 1. The highest BCUT2D eigenvalue weighted by atomic mass is 32.2. The van der Waals surface area contributed by atoms with E-state index in [4.69, 9.17) is 0 Å². The van der Waals surface area contributed by atoms with E-state index in [1.165, 1.54) is 6.42 Å². The summed E-state index contributed by atoms with van der Waals surface area (Å²) in [6.07, 6.45) is 6.05. The monoisotopic (exact) mass is 299 g/mol. The molecule has 1 heterocycles. The fraction of sp³-hybridized carbons (Fsp3) is 0.867. The van der Waals surface area contributed by atoms with Crippen LogP contribution in [0.4, 0.5) is 0 Å². The molecule has 1 aliphatic heterocycles. The minimum absolute atomic E-state index is 0.0210. The first-order chi connectivity index (χ1) is 9.50. The molecule has 0 aromatic carbocycles. The first kappa shape index (κ1) is 15.7. The van der Waals surface area contributed by atoms with Gasteiger partial charge in [0, 0.05) is 6.04 Å². The molecule has 1 N–H and O–H groups in total. The van der Waals surface area contributed by atoms with Crippen molar-refractivity contribution in [3.05, 3.63) is 0 Å². The highest BCUT2D eigenvalue weighted by molar-refractivity contribution is 8.00. The summed E-state index contributed by atoms with van der Waals surface area (Å²) in [5, 5.41) is 9.82. The van der Waals surface area contributed by atoms with Crippen LogP contribution in [0.25, 0.3) is 0 Å². The molecular weight excluding hydrogens is 274 g/mol. The molecule has 0 bridgehead atoms. The summed E-state index contributed by atoms with van der Waals surface area (Å²) >= 11 is 1.60. The number of nitrogens with zero attached hydrogens (tertiary/aromatic N) is 1. The molecular formula is C15H25NO3S. The van der Waals surface area contributed by atoms with Crippen LogP contribution in [0.2, 0.25) is 0 Å². The van der Waals surface area contributed by atoms with Gasteiger partial charge in [-0.25, -0.2) is 4.79 Å². The first-order valence-electron chi connectivity index (χ1n) is 7.66. The molecule has 1 saturated carbocycles. The predicted octanol–water partition coefficient (Wildman–Crippen LogP) is 2.76. The lowest BCUT2D eigenvalue weighted by Gasteiger charge is -2.47. The summed E-state index contributed by atoms with van der Waals surface area (Å²) in [6.45, 7) is 4.12. The van der Waals surface area contributed by atoms with Crippen LogP contribution in [0.1, 0.15) is 52.4 Å². The van der Waals surface area contributed by atoms with E-state index in [0.717, 1.165) is 25.7 Å². The number of carboxylic acids is 1. The number of carbonyl (C=O) groups excluding carboxylic acids is 1. The van der Waals surface area contributed by atoms with Crippen LogP contribution in [0, 0.1) is 5.92 Å². The molecule has 20 heavy (non-hydrogen) atoms. The summed E-state index contributed by atoms with van der Waals surface area (Å²) in [6, 6.07) is -0.437. The van der Waals surface area contributed by atoms with Crippen molar-refractivity contribution in [3.63, 3.8) is 0 Å². The molecule has 5 heteroatoms. The van der Waals surface area contributed by atoms with Gasteiger partial charge in [-0.05, 0) is 36.9 Å². The van der Waals surface area contributed by atoms with Crippen molar-refractivity contribution < 1.29 is 14.7 Å². The van der Waals surface area contributed by atoms with Crippen molar-refractivity contribution in [2.75, 3.05) is 5.75 Å². The molecule has 2 aliphatic rings. The van der Waals surface area contributed by atoms with Crippen molar-refractivity contribution in [2.24, 2.45) is 5.92 Å². The van der Waals surface area contributed by atoms with Crippen LogP contribution in [0.15, 0.2) is 0 Å². The van der Waals surface area contributed by atoms with Crippen molar-refractivity contribution >= 4 is 23.6 Å². The zero-order valence-corrected chi connectivity index (χ0v) is 13.2. The number of hydrogen-bond acceptors (Lipinski definition) is 3. The van der Waals surface area contributed by atoms with Crippen LogP contribution in [0.3, 0.4) is 0 Å². The number of hydrogen-bond donors (Lipinski definition) is 1. The van der Waals surface area contributed by atoms with E-state index in [1.807, 2.05) is 0 Å². The molecule has 0 spiro atoms. The number of rotatable bonds is 4. The van der Waals surface area contributed by atoms with E-state index in [9.17, 15) is 14.7 Å². The van der Waals surface area contributed by atoms with Crippen LogP contribution in [-0.4, -0.2) is 45.0 Å². The van der Waals surface area contributed by atoms with Gasteiger partial charge in [0.05, 0.1) is 5.75 Å². The van der Waals surface area contributed by atoms with Crippen LogP contribution in [-0.2, 0) is 9.59 Å². The molecule has 0 radical (unpaired) electrons. The second-order valence-corrected chi connectivity index (χ2v) is 7.77. The lowest BCUT2D eigenvalue weighted by atomic mass is 9.76. The van der Waals surface area contributed by atoms with E-state index in [0.29, 0.717) is 23.3 Å². The predicted molar refractivity (Wildman–Crippen MR) is 80.8 cm³/mol. The molecule has 3 atom stereocenters. The number of likely N-dealkylation sites (tertiary alicyclic amines) is 1. The van der Waals surface area contributed by atoms with Gasteiger partial charge in [0.2, 0.25) is 5.91 Å². The van der Waals surface area contributed by atoms with Crippen molar-refractivity contribution in [1.29, 1.82) is 0 Å². The quantitative estimate of drug-likeness (QED) is 0.867. The maximum atomic E-state index is 12.5. The fourth-order valence-corrected chi connectivity index (χ4v) is 4.17. The second-order valence-electron chi connectivity index (χ2n) is 6.20. The number of amides is 1. The number of fused-ring (bicyclic) bond motifs is 1. The minimum Gasteiger partial charge on any atom is -0.480 e. The smallest absolute Gasteiger partial charge is 0.326 e. The third-order valence-corrected chi connectivity index (χ3v) is 5.57. The van der Waals surface area contributed by atoms with Gasteiger partial charge in [0.15, 0.2) is 0 Å². The van der Waals surface area contributed by atoms with Gasteiger partial charge in [-0.3, -0.25) is 4.79 Å². The molecule has 2 rings (SSSR count). The van der Waals surface area contributed by atoms with E-state index >= 15 is 0 Å². The first-order valence-corrected chi connectivity index (χ1v) is 8.71. The Morgan fingerprint density at radius 1 is 1.20 bits per heavy atom. The average molecular weight is 299 g/mol. The molecule has 0 aromatic rings. The lowest BCUT2D eigenvalue weighted by Crippen LogP contribution is -2.58. The second kappa shape index (κ2) is 6.83. The Balaban J connectivity index is 2.12. The molecule has 4 nitrogen and oxygen atoms in total. The zero-order chi connectivity index (χ0) is 14.7. The Kier molecular flexibility index (Phi) is 5.35.